The highest BCUT2D eigenvalue weighted by molar-refractivity contribution is 6.10. The molecule has 1 aromatic rings. The second-order valence-electron chi connectivity index (χ2n) is 2.47. The van der Waals surface area contributed by atoms with E-state index in [9.17, 15) is 4.79 Å². The van der Waals surface area contributed by atoms with E-state index in [1.54, 1.807) is 0 Å². The number of benzene rings is 1. The molecule has 0 aliphatic carbocycles. The molecule has 3 heteroatoms. The molecule has 1 N–H and O–H groups in total. The van der Waals surface area contributed by atoms with Gasteiger partial charge in [-0.15, -0.1) is 0 Å². The lowest BCUT2D eigenvalue weighted by molar-refractivity contribution is -0.120. The fourth-order valence-corrected chi connectivity index (χ4v) is 0.958. The highest BCUT2D eigenvalue weighted by Gasteiger charge is 1.99. The number of carbonyl (C=O) groups excluding carboxylic acids is 1. The monoisotopic (exact) mass is 159 g/mol. The molecule has 0 saturated carbocycles. The van der Waals surface area contributed by atoms with E-state index in [1.165, 1.54) is 0 Å². The maximum atomic E-state index is 11.0. The molecule has 0 aromatic heterocycles. The van der Waals surface area contributed by atoms with Crippen LogP contribution >= 0.6 is 0 Å². The number of nitrogens with one attached hydrogen (secondary N) is 1. The molecular weight excluding hydrogens is 149 g/mol. The molecule has 0 spiro atoms. The Labute approximate surface area is 73.4 Å². The van der Waals surface area contributed by atoms with Crippen molar-refractivity contribution in [2.24, 2.45) is 0 Å². The van der Waals surface area contributed by atoms with Crippen LogP contribution in [0.1, 0.15) is 5.56 Å². The van der Waals surface area contributed by atoms with E-state index in [0.717, 1.165) is 5.56 Å². The minimum Gasteiger partial charge on any atom is -0.365 e. The van der Waals surface area contributed by atoms with Crippen molar-refractivity contribution >= 4 is 13.8 Å². The smallest absolute Gasteiger partial charge is 0.223 e. The van der Waals surface area contributed by atoms with Gasteiger partial charge in [-0.1, -0.05) is 30.3 Å². The van der Waals surface area contributed by atoms with E-state index >= 15 is 0 Å². The Morgan fingerprint density at radius 3 is 2.58 bits per heavy atom. The zero-order valence-corrected chi connectivity index (χ0v) is 6.79. The lowest BCUT2D eigenvalue weighted by Crippen LogP contribution is -2.25. The van der Waals surface area contributed by atoms with Gasteiger partial charge in [-0.25, -0.2) is 0 Å². The van der Waals surface area contributed by atoms with Gasteiger partial charge >= 0.3 is 0 Å². The predicted molar refractivity (Wildman–Crippen MR) is 48.9 cm³/mol. The second kappa shape index (κ2) is 4.60. The molecule has 0 unspecified atom stereocenters. The first-order valence-corrected chi connectivity index (χ1v) is 3.83. The van der Waals surface area contributed by atoms with Crippen LogP contribution in [0.15, 0.2) is 30.3 Å². The fourth-order valence-electron chi connectivity index (χ4n) is 0.958. The zero-order valence-electron chi connectivity index (χ0n) is 6.79. The second-order valence-corrected chi connectivity index (χ2v) is 2.47. The molecule has 2 nitrogen and oxygen atoms in total. The van der Waals surface area contributed by atoms with Crippen molar-refractivity contribution in [1.29, 1.82) is 0 Å². The van der Waals surface area contributed by atoms with Crippen LogP contribution < -0.4 is 5.32 Å². The summed E-state index contributed by atoms with van der Waals surface area (Å²) in [6.07, 6.45) is 0.601. The molecule has 1 rings (SSSR count). The van der Waals surface area contributed by atoms with Crippen LogP contribution in [0.4, 0.5) is 0 Å². The summed E-state index contributed by atoms with van der Waals surface area (Å²) in [7, 11) is 5.15. The molecule has 2 radical (unpaired) electrons. The van der Waals surface area contributed by atoms with E-state index in [4.69, 9.17) is 7.85 Å². The van der Waals surface area contributed by atoms with Crippen LogP contribution in [-0.4, -0.2) is 20.2 Å². The Balaban J connectivity index is 2.47. The summed E-state index contributed by atoms with van der Waals surface area (Å²) in [5.74, 6) is -0.0382. The van der Waals surface area contributed by atoms with Crippen molar-refractivity contribution in [2.45, 2.75) is 6.42 Å². The molecule has 0 aliphatic rings. The van der Waals surface area contributed by atoms with Crippen LogP contribution in [-0.2, 0) is 11.2 Å². The third kappa shape index (κ3) is 2.78. The van der Waals surface area contributed by atoms with Gasteiger partial charge < -0.3 is 5.32 Å². The Morgan fingerprint density at radius 1 is 1.33 bits per heavy atom. The molecule has 0 aliphatic heterocycles. The standard InChI is InChI=1S/C9H10BNO/c10-7-11-9(12)6-8-4-2-1-3-5-8/h1-5H,6-7H2,(H,11,12). The summed E-state index contributed by atoms with van der Waals surface area (Å²) in [5.41, 5.74) is 1.00. The van der Waals surface area contributed by atoms with E-state index in [0.29, 0.717) is 6.42 Å². The Bertz CT molecular complexity index is 248. The van der Waals surface area contributed by atoms with Gasteiger partial charge in [0.25, 0.3) is 0 Å². The van der Waals surface area contributed by atoms with Crippen molar-refractivity contribution in [2.75, 3.05) is 6.44 Å². The first-order chi connectivity index (χ1) is 5.83. The van der Waals surface area contributed by atoms with Crippen LogP contribution in [0.3, 0.4) is 0 Å². The van der Waals surface area contributed by atoms with Crippen LogP contribution in [0.5, 0.6) is 0 Å². The molecule has 12 heavy (non-hydrogen) atoms. The van der Waals surface area contributed by atoms with Gasteiger partial charge in [-0.2, -0.15) is 0 Å². The average Bonchev–Trinajstić information content (AvgIpc) is 2.06. The molecule has 60 valence electrons. The summed E-state index contributed by atoms with van der Waals surface area (Å²) in [4.78, 5) is 11.0. The van der Waals surface area contributed by atoms with Crippen molar-refractivity contribution in [3.8, 4) is 0 Å². The highest BCUT2D eigenvalue weighted by Crippen LogP contribution is 1.98. The third-order valence-electron chi connectivity index (χ3n) is 1.51. The zero-order chi connectivity index (χ0) is 8.81. The largest absolute Gasteiger partial charge is 0.365 e. The van der Waals surface area contributed by atoms with Crippen LogP contribution in [0.25, 0.3) is 0 Å². The van der Waals surface area contributed by atoms with Gasteiger partial charge in [-0.05, 0) is 12.0 Å². The van der Waals surface area contributed by atoms with E-state index in [-0.39, 0.29) is 12.4 Å². The van der Waals surface area contributed by atoms with Crippen LogP contribution in [0, 0.1) is 0 Å². The molecule has 0 bridgehead atoms. The van der Waals surface area contributed by atoms with Crippen LogP contribution in [0.2, 0.25) is 0 Å². The summed E-state index contributed by atoms with van der Waals surface area (Å²) >= 11 is 0. The molecule has 1 amide bonds. The van der Waals surface area contributed by atoms with Gasteiger partial charge in [-0.3, -0.25) is 4.79 Å². The van der Waals surface area contributed by atoms with Gasteiger partial charge in [0.05, 0.1) is 14.3 Å². The quantitative estimate of drug-likeness (QED) is 0.638. The highest BCUT2D eigenvalue weighted by atomic mass is 16.1. The fraction of sp³-hybridized carbons (Fsp3) is 0.222. The maximum Gasteiger partial charge on any atom is 0.223 e. The van der Waals surface area contributed by atoms with Gasteiger partial charge in [0.1, 0.15) is 0 Å². The normalized spacial score (nSPS) is 9.33. The summed E-state index contributed by atoms with van der Waals surface area (Å²) in [6, 6.07) is 9.56. The van der Waals surface area contributed by atoms with E-state index in [2.05, 4.69) is 5.32 Å². The molecule has 0 fully saturated rings. The van der Waals surface area contributed by atoms with E-state index in [1.807, 2.05) is 30.3 Å². The predicted octanol–water partition coefficient (Wildman–Crippen LogP) is 0.471. The summed E-state index contributed by atoms with van der Waals surface area (Å²) in [5, 5.41) is 2.53. The third-order valence-corrected chi connectivity index (χ3v) is 1.51. The van der Waals surface area contributed by atoms with E-state index < -0.39 is 0 Å². The van der Waals surface area contributed by atoms with Gasteiger partial charge in [0.2, 0.25) is 5.91 Å². The molecular formula is C9H10BNO. The molecule has 0 atom stereocenters. The maximum absolute atomic E-state index is 11.0. The molecule has 0 heterocycles. The number of amides is 1. The summed E-state index contributed by atoms with van der Waals surface area (Å²) < 4.78 is 0. The number of carbonyl (C=O) groups is 1. The van der Waals surface area contributed by atoms with Crippen molar-refractivity contribution < 1.29 is 4.79 Å². The average molecular weight is 159 g/mol. The first-order valence-electron chi connectivity index (χ1n) is 3.83. The van der Waals surface area contributed by atoms with Gasteiger partial charge in [0, 0.05) is 0 Å². The lowest BCUT2D eigenvalue weighted by Gasteiger charge is -2.01. The number of hydrogen-bond acceptors (Lipinski definition) is 1. The summed E-state index contributed by atoms with van der Waals surface area (Å²) in [6.45, 7) is 0. The minimum absolute atomic E-state index is 0.0382. The number of hydrogen-bond donors (Lipinski definition) is 1. The lowest BCUT2D eigenvalue weighted by atomic mass is 10.1. The van der Waals surface area contributed by atoms with Gasteiger partial charge in [0.15, 0.2) is 0 Å². The van der Waals surface area contributed by atoms with Crippen molar-refractivity contribution in [3.63, 3.8) is 0 Å². The van der Waals surface area contributed by atoms with Crippen molar-refractivity contribution in [1.82, 2.24) is 5.32 Å². The SMILES string of the molecule is [B]CNC(=O)Cc1ccccc1. The molecule has 0 saturated heterocycles. The Morgan fingerprint density at radius 2 is 2.00 bits per heavy atom. The Kier molecular flexibility index (Phi) is 3.39. The minimum atomic E-state index is -0.0382. The first kappa shape index (κ1) is 8.85. The van der Waals surface area contributed by atoms with Crippen molar-refractivity contribution in [3.05, 3.63) is 35.9 Å². The number of rotatable bonds is 3. The Hall–Kier alpha value is -1.25. The molecule has 1 aromatic carbocycles. The topological polar surface area (TPSA) is 29.1 Å².